The maximum absolute atomic E-state index is 13.4. The number of aromatic nitrogens is 2. The highest BCUT2D eigenvalue weighted by atomic mass is 79.9. The van der Waals surface area contributed by atoms with Crippen molar-refractivity contribution in [1.29, 1.82) is 0 Å². The Kier molecular flexibility index (Phi) is 5.00. The molecule has 0 amide bonds. The average molecular weight is 357 g/mol. The normalized spacial score (nSPS) is 12.5. The SMILES string of the molecule is CCc1nn(C)c(CC(O)c2ccc(F)c(OC)c2)c1Br. The van der Waals surface area contributed by atoms with E-state index in [2.05, 4.69) is 21.0 Å². The summed E-state index contributed by atoms with van der Waals surface area (Å²) in [7, 11) is 3.25. The van der Waals surface area contributed by atoms with Gasteiger partial charge in [0.25, 0.3) is 0 Å². The molecule has 0 saturated heterocycles. The first kappa shape index (κ1) is 16.0. The second-order valence-electron chi connectivity index (χ2n) is 4.80. The molecule has 1 atom stereocenters. The Balaban J connectivity index is 2.26. The fourth-order valence-corrected chi connectivity index (χ4v) is 3.00. The van der Waals surface area contributed by atoms with Gasteiger partial charge in [-0.05, 0) is 40.0 Å². The Morgan fingerprint density at radius 1 is 1.48 bits per heavy atom. The van der Waals surface area contributed by atoms with Gasteiger partial charge in [-0.1, -0.05) is 13.0 Å². The Morgan fingerprint density at radius 3 is 2.76 bits per heavy atom. The second-order valence-corrected chi connectivity index (χ2v) is 5.59. The number of halogens is 2. The number of methoxy groups -OCH3 is 1. The summed E-state index contributed by atoms with van der Waals surface area (Å²) in [6.07, 6.45) is 0.448. The Hall–Kier alpha value is -1.40. The van der Waals surface area contributed by atoms with Crippen LogP contribution in [0.25, 0.3) is 0 Å². The van der Waals surface area contributed by atoms with Crippen LogP contribution in [0.5, 0.6) is 5.75 Å². The Labute approximate surface area is 131 Å². The number of aliphatic hydroxyl groups excluding tert-OH is 1. The third kappa shape index (κ3) is 3.27. The van der Waals surface area contributed by atoms with Crippen LogP contribution in [0.3, 0.4) is 0 Å². The lowest BCUT2D eigenvalue weighted by Crippen LogP contribution is -2.07. The lowest BCUT2D eigenvalue weighted by molar-refractivity contribution is 0.175. The minimum absolute atomic E-state index is 0.130. The summed E-state index contributed by atoms with van der Waals surface area (Å²) in [6, 6.07) is 4.38. The van der Waals surface area contributed by atoms with Gasteiger partial charge in [-0.15, -0.1) is 0 Å². The van der Waals surface area contributed by atoms with Gasteiger partial charge in [0.2, 0.25) is 0 Å². The topological polar surface area (TPSA) is 47.3 Å². The number of ether oxygens (including phenoxy) is 1. The van der Waals surface area contributed by atoms with Crippen LogP contribution in [-0.2, 0) is 19.9 Å². The molecule has 4 nitrogen and oxygen atoms in total. The largest absolute Gasteiger partial charge is 0.494 e. The highest BCUT2D eigenvalue weighted by Crippen LogP contribution is 2.28. The Bertz CT molecular complexity index is 643. The molecule has 0 radical (unpaired) electrons. The molecule has 1 aromatic carbocycles. The van der Waals surface area contributed by atoms with Crippen molar-refractivity contribution in [2.45, 2.75) is 25.9 Å². The van der Waals surface area contributed by atoms with Gasteiger partial charge in [0.05, 0.1) is 29.1 Å². The zero-order valence-electron chi connectivity index (χ0n) is 12.2. The summed E-state index contributed by atoms with van der Waals surface area (Å²) in [4.78, 5) is 0. The molecule has 6 heteroatoms. The van der Waals surface area contributed by atoms with E-state index in [1.54, 1.807) is 10.7 Å². The number of rotatable bonds is 5. The molecule has 1 unspecified atom stereocenters. The van der Waals surface area contributed by atoms with Crippen molar-refractivity contribution >= 4 is 15.9 Å². The molecule has 0 aliphatic rings. The minimum atomic E-state index is -0.754. The van der Waals surface area contributed by atoms with Gasteiger partial charge in [-0.2, -0.15) is 5.10 Å². The highest BCUT2D eigenvalue weighted by Gasteiger charge is 2.18. The molecule has 0 fully saturated rings. The van der Waals surface area contributed by atoms with Crippen molar-refractivity contribution in [3.8, 4) is 5.75 Å². The summed E-state index contributed by atoms with van der Waals surface area (Å²) in [6.45, 7) is 2.03. The smallest absolute Gasteiger partial charge is 0.165 e. The molecule has 0 aliphatic heterocycles. The van der Waals surface area contributed by atoms with Gasteiger partial charge >= 0.3 is 0 Å². The second kappa shape index (κ2) is 6.58. The fraction of sp³-hybridized carbons (Fsp3) is 0.400. The maximum Gasteiger partial charge on any atom is 0.165 e. The van der Waals surface area contributed by atoms with Crippen LogP contribution in [-0.4, -0.2) is 22.0 Å². The first-order chi connectivity index (χ1) is 9.97. The van der Waals surface area contributed by atoms with Crippen LogP contribution < -0.4 is 4.74 Å². The van der Waals surface area contributed by atoms with Crippen LogP contribution in [0.4, 0.5) is 4.39 Å². The van der Waals surface area contributed by atoms with E-state index in [9.17, 15) is 9.50 Å². The van der Waals surface area contributed by atoms with Crippen molar-refractivity contribution in [3.63, 3.8) is 0 Å². The lowest BCUT2D eigenvalue weighted by atomic mass is 10.0. The summed E-state index contributed by atoms with van der Waals surface area (Å²) in [5.74, 6) is -0.312. The van der Waals surface area contributed by atoms with Crippen LogP contribution in [0.2, 0.25) is 0 Å². The van der Waals surface area contributed by atoms with Gasteiger partial charge in [-0.25, -0.2) is 4.39 Å². The number of hydrogen-bond acceptors (Lipinski definition) is 3. The monoisotopic (exact) mass is 356 g/mol. The fourth-order valence-electron chi connectivity index (χ4n) is 2.23. The number of aryl methyl sites for hydroxylation is 2. The summed E-state index contributed by atoms with van der Waals surface area (Å²) < 4.78 is 21.0. The highest BCUT2D eigenvalue weighted by molar-refractivity contribution is 9.10. The molecule has 0 spiro atoms. The molecule has 0 saturated carbocycles. The van der Waals surface area contributed by atoms with Gasteiger partial charge in [0.15, 0.2) is 11.6 Å². The predicted octanol–water partition coefficient (Wildman–Crippen LogP) is 3.17. The van der Waals surface area contributed by atoms with Crippen LogP contribution in [0.15, 0.2) is 22.7 Å². The third-order valence-electron chi connectivity index (χ3n) is 3.45. The number of hydrogen-bond donors (Lipinski definition) is 1. The molecule has 1 aromatic heterocycles. The molecular formula is C15H18BrFN2O2. The third-order valence-corrected chi connectivity index (χ3v) is 4.36. The van der Waals surface area contributed by atoms with Crippen LogP contribution >= 0.6 is 15.9 Å². The number of benzene rings is 1. The quantitative estimate of drug-likeness (QED) is 0.894. The first-order valence-corrected chi connectivity index (χ1v) is 7.49. The first-order valence-electron chi connectivity index (χ1n) is 6.69. The molecule has 114 valence electrons. The zero-order valence-corrected chi connectivity index (χ0v) is 13.8. The van der Waals surface area contributed by atoms with E-state index in [4.69, 9.17) is 4.74 Å². The van der Waals surface area contributed by atoms with Crippen LogP contribution in [0.1, 0.15) is 30.0 Å². The minimum Gasteiger partial charge on any atom is -0.494 e. The maximum atomic E-state index is 13.4. The van der Waals surface area contributed by atoms with Crippen LogP contribution in [0, 0.1) is 5.82 Å². The lowest BCUT2D eigenvalue weighted by Gasteiger charge is -2.13. The van der Waals surface area contributed by atoms with Gasteiger partial charge in [0, 0.05) is 13.5 Å². The molecule has 0 bridgehead atoms. The standard InChI is InChI=1S/C15H18BrFN2O2/c1-4-11-15(16)12(19(2)18-11)8-13(20)9-5-6-10(17)14(7-9)21-3/h5-7,13,20H,4,8H2,1-3H3. The van der Waals surface area contributed by atoms with E-state index in [0.29, 0.717) is 12.0 Å². The van der Waals surface area contributed by atoms with E-state index in [1.807, 2.05) is 14.0 Å². The average Bonchev–Trinajstić information content (AvgIpc) is 2.75. The summed E-state index contributed by atoms with van der Waals surface area (Å²) in [5, 5.41) is 14.8. The van der Waals surface area contributed by atoms with Crippen molar-refractivity contribution in [3.05, 3.63) is 45.4 Å². The molecule has 1 heterocycles. The predicted molar refractivity (Wildman–Crippen MR) is 81.9 cm³/mol. The van der Waals surface area contributed by atoms with E-state index in [0.717, 1.165) is 22.3 Å². The molecular weight excluding hydrogens is 339 g/mol. The Morgan fingerprint density at radius 2 is 2.19 bits per heavy atom. The van der Waals surface area contributed by atoms with E-state index < -0.39 is 11.9 Å². The molecule has 2 aromatic rings. The summed E-state index contributed by atoms with van der Waals surface area (Å²) in [5.41, 5.74) is 2.47. The zero-order chi connectivity index (χ0) is 15.6. The van der Waals surface area contributed by atoms with E-state index >= 15 is 0 Å². The number of nitrogens with zero attached hydrogens (tertiary/aromatic N) is 2. The molecule has 0 aliphatic carbocycles. The van der Waals surface area contributed by atoms with Crippen molar-refractivity contribution in [1.82, 2.24) is 9.78 Å². The van der Waals surface area contributed by atoms with E-state index in [-0.39, 0.29) is 5.75 Å². The van der Waals surface area contributed by atoms with Crippen molar-refractivity contribution < 1.29 is 14.2 Å². The van der Waals surface area contributed by atoms with Gasteiger partial charge in [0.1, 0.15) is 0 Å². The molecule has 1 N–H and O–H groups in total. The van der Waals surface area contributed by atoms with E-state index in [1.165, 1.54) is 19.2 Å². The number of aliphatic hydroxyl groups is 1. The van der Waals surface area contributed by atoms with Crippen molar-refractivity contribution in [2.24, 2.45) is 7.05 Å². The van der Waals surface area contributed by atoms with Crippen molar-refractivity contribution in [2.75, 3.05) is 7.11 Å². The van der Waals surface area contributed by atoms with Gasteiger partial charge < -0.3 is 9.84 Å². The molecule has 21 heavy (non-hydrogen) atoms. The summed E-state index contributed by atoms with van der Waals surface area (Å²) >= 11 is 3.52. The molecule has 2 rings (SSSR count). The van der Waals surface area contributed by atoms with Gasteiger partial charge in [-0.3, -0.25) is 4.68 Å².